The van der Waals surface area contributed by atoms with Crippen LogP contribution in [-0.2, 0) is 17.8 Å². The van der Waals surface area contributed by atoms with Crippen molar-refractivity contribution in [2.45, 2.75) is 26.3 Å². The second kappa shape index (κ2) is 9.25. The standard InChI is InChI=1S/C23H23N5O3/c1-16-24-13-14-28(16)15-17-3-7-19(8-4-17)25-21(29)11-12-22-26-23(27-31-22)18-5-9-20(30-2)10-6-18/h3-10,13-14H,11-12,15H2,1-2H3,(H,25,29). The summed E-state index contributed by atoms with van der Waals surface area (Å²) in [4.78, 5) is 20.9. The Morgan fingerprint density at radius 2 is 1.90 bits per heavy atom. The molecule has 0 radical (unpaired) electrons. The smallest absolute Gasteiger partial charge is 0.227 e. The molecule has 0 bridgehead atoms. The Morgan fingerprint density at radius 3 is 2.58 bits per heavy atom. The van der Waals surface area contributed by atoms with Crippen LogP contribution in [0, 0.1) is 6.92 Å². The third kappa shape index (κ3) is 5.16. The third-order valence-electron chi connectivity index (χ3n) is 4.90. The molecule has 158 valence electrons. The minimum absolute atomic E-state index is 0.109. The zero-order valence-electron chi connectivity index (χ0n) is 17.4. The Hall–Kier alpha value is -3.94. The van der Waals surface area contributed by atoms with Gasteiger partial charge in [-0.15, -0.1) is 0 Å². The molecule has 0 saturated heterocycles. The summed E-state index contributed by atoms with van der Waals surface area (Å²) in [7, 11) is 1.61. The maximum absolute atomic E-state index is 12.3. The van der Waals surface area contributed by atoms with Crippen LogP contribution in [0.2, 0.25) is 0 Å². The Morgan fingerprint density at radius 1 is 1.13 bits per heavy atom. The molecule has 0 spiro atoms. The average molecular weight is 417 g/mol. The molecule has 1 N–H and O–H groups in total. The van der Waals surface area contributed by atoms with Crippen LogP contribution >= 0.6 is 0 Å². The van der Waals surface area contributed by atoms with Crippen molar-refractivity contribution in [3.05, 3.63) is 78.2 Å². The summed E-state index contributed by atoms with van der Waals surface area (Å²) < 4.78 is 12.5. The number of amides is 1. The first-order valence-corrected chi connectivity index (χ1v) is 9.94. The van der Waals surface area contributed by atoms with Gasteiger partial charge in [-0.05, 0) is 48.9 Å². The molecule has 8 nitrogen and oxygen atoms in total. The van der Waals surface area contributed by atoms with Gasteiger partial charge in [0.1, 0.15) is 11.6 Å². The molecule has 1 amide bonds. The highest BCUT2D eigenvalue weighted by Crippen LogP contribution is 2.20. The number of aromatic nitrogens is 4. The maximum Gasteiger partial charge on any atom is 0.227 e. The fraction of sp³-hybridized carbons (Fsp3) is 0.217. The molecule has 0 aliphatic carbocycles. The molecule has 4 aromatic rings. The van der Waals surface area contributed by atoms with Crippen LogP contribution in [0.1, 0.15) is 23.7 Å². The minimum Gasteiger partial charge on any atom is -0.497 e. The first-order chi connectivity index (χ1) is 15.1. The first-order valence-electron chi connectivity index (χ1n) is 9.94. The Kier molecular flexibility index (Phi) is 6.07. The maximum atomic E-state index is 12.3. The second-order valence-corrected chi connectivity index (χ2v) is 7.09. The van der Waals surface area contributed by atoms with Crippen LogP contribution in [0.25, 0.3) is 11.4 Å². The third-order valence-corrected chi connectivity index (χ3v) is 4.90. The number of nitrogens with one attached hydrogen (secondary N) is 1. The van der Waals surface area contributed by atoms with Crippen LogP contribution in [-0.4, -0.2) is 32.7 Å². The Labute approximate surface area is 179 Å². The topological polar surface area (TPSA) is 95.1 Å². The van der Waals surface area contributed by atoms with Crippen molar-refractivity contribution >= 4 is 11.6 Å². The van der Waals surface area contributed by atoms with Gasteiger partial charge in [0.25, 0.3) is 0 Å². The number of carbonyl (C=O) groups excluding carboxylic acids is 1. The summed E-state index contributed by atoms with van der Waals surface area (Å²) in [6, 6.07) is 15.2. The predicted octanol–water partition coefficient (Wildman–Crippen LogP) is 3.87. The van der Waals surface area contributed by atoms with Gasteiger partial charge in [-0.1, -0.05) is 17.3 Å². The Balaban J connectivity index is 1.28. The van der Waals surface area contributed by atoms with E-state index in [-0.39, 0.29) is 12.3 Å². The van der Waals surface area contributed by atoms with Gasteiger partial charge in [0.2, 0.25) is 17.6 Å². The van der Waals surface area contributed by atoms with E-state index in [0.717, 1.165) is 34.9 Å². The summed E-state index contributed by atoms with van der Waals surface area (Å²) in [6.45, 7) is 2.71. The largest absolute Gasteiger partial charge is 0.497 e. The SMILES string of the molecule is COc1ccc(-c2noc(CCC(=O)Nc3ccc(Cn4ccnc4C)cc3)n2)cc1. The summed E-state index contributed by atoms with van der Waals surface area (Å²) in [5, 5.41) is 6.88. The molecule has 0 aliphatic rings. The molecule has 0 saturated carbocycles. The lowest BCUT2D eigenvalue weighted by atomic mass is 10.2. The number of nitrogens with zero attached hydrogens (tertiary/aromatic N) is 4. The zero-order valence-corrected chi connectivity index (χ0v) is 17.4. The van der Waals surface area contributed by atoms with Crippen molar-refractivity contribution in [1.82, 2.24) is 19.7 Å². The molecule has 2 heterocycles. The number of aryl methyl sites for hydroxylation is 2. The number of ether oxygens (including phenoxy) is 1. The molecule has 0 fully saturated rings. The summed E-state index contributed by atoms with van der Waals surface area (Å²) in [5.74, 6) is 2.53. The van der Waals surface area contributed by atoms with Crippen molar-refractivity contribution in [1.29, 1.82) is 0 Å². The molecule has 0 atom stereocenters. The van der Waals surface area contributed by atoms with Gasteiger partial charge in [0.05, 0.1) is 7.11 Å². The van der Waals surface area contributed by atoms with E-state index in [1.807, 2.05) is 61.7 Å². The van der Waals surface area contributed by atoms with E-state index in [4.69, 9.17) is 9.26 Å². The van der Waals surface area contributed by atoms with Crippen LogP contribution in [0.5, 0.6) is 5.75 Å². The fourth-order valence-corrected chi connectivity index (χ4v) is 3.12. The van der Waals surface area contributed by atoms with Crippen LogP contribution in [0.15, 0.2) is 65.4 Å². The van der Waals surface area contributed by atoms with Gasteiger partial charge in [0, 0.05) is 43.0 Å². The minimum atomic E-state index is -0.109. The van der Waals surface area contributed by atoms with E-state index in [2.05, 4.69) is 25.0 Å². The molecular weight excluding hydrogens is 394 g/mol. The molecular formula is C23H23N5O3. The number of anilines is 1. The number of carbonyl (C=O) groups is 1. The molecule has 2 aromatic heterocycles. The normalized spacial score (nSPS) is 10.8. The van der Waals surface area contributed by atoms with Gasteiger partial charge in [0.15, 0.2) is 0 Å². The molecule has 2 aromatic carbocycles. The quantitative estimate of drug-likeness (QED) is 0.468. The van der Waals surface area contributed by atoms with Gasteiger partial charge >= 0.3 is 0 Å². The van der Waals surface area contributed by atoms with E-state index in [9.17, 15) is 4.79 Å². The first kappa shape index (κ1) is 20.3. The zero-order chi connectivity index (χ0) is 21.6. The van der Waals surface area contributed by atoms with E-state index in [0.29, 0.717) is 18.1 Å². The van der Waals surface area contributed by atoms with Crippen LogP contribution in [0.4, 0.5) is 5.69 Å². The summed E-state index contributed by atoms with van der Waals surface area (Å²) in [5.41, 5.74) is 2.71. The van der Waals surface area contributed by atoms with E-state index >= 15 is 0 Å². The molecule has 4 rings (SSSR count). The van der Waals surface area contributed by atoms with Crippen molar-refractivity contribution in [2.24, 2.45) is 0 Å². The summed E-state index contributed by atoms with van der Waals surface area (Å²) in [6.07, 6.45) is 4.35. The van der Waals surface area contributed by atoms with E-state index < -0.39 is 0 Å². The number of rotatable bonds is 8. The number of imidazole rings is 1. The van der Waals surface area contributed by atoms with Crippen LogP contribution < -0.4 is 10.1 Å². The lowest BCUT2D eigenvalue weighted by Gasteiger charge is -2.08. The number of methoxy groups -OCH3 is 1. The van der Waals surface area contributed by atoms with Gasteiger partial charge in [-0.3, -0.25) is 4.79 Å². The lowest BCUT2D eigenvalue weighted by molar-refractivity contribution is -0.116. The number of benzene rings is 2. The van der Waals surface area contributed by atoms with Gasteiger partial charge < -0.3 is 19.1 Å². The lowest BCUT2D eigenvalue weighted by Crippen LogP contribution is -2.12. The van der Waals surface area contributed by atoms with Crippen molar-refractivity contribution in [3.8, 4) is 17.1 Å². The number of hydrogen-bond acceptors (Lipinski definition) is 6. The van der Waals surface area contributed by atoms with E-state index in [1.165, 1.54) is 0 Å². The van der Waals surface area contributed by atoms with Crippen LogP contribution in [0.3, 0.4) is 0 Å². The highest BCUT2D eigenvalue weighted by Gasteiger charge is 2.11. The van der Waals surface area contributed by atoms with Crippen molar-refractivity contribution in [2.75, 3.05) is 12.4 Å². The average Bonchev–Trinajstić information content (AvgIpc) is 3.43. The molecule has 31 heavy (non-hydrogen) atoms. The highest BCUT2D eigenvalue weighted by atomic mass is 16.5. The summed E-state index contributed by atoms with van der Waals surface area (Å²) >= 11 is 0. The number of hydrogen-bond donors (Lipinski definition) is 1. The van der Waals surface area contributed by atoms with E-state index in [1.54, 1.807) is 13.3 Å². The van der Waals surface area contributed by atoms with Gasteiger partial charge in [-0.2, -0.15) is 4.98 Å². The monoisotopic (exact) mass is 417 g/mol. The van der Waals surface area contributed by atoms with Crippen molar-refractivity contribution < 1.29 is 14.1 Å². The van der Waals surface area contributed by atoms with Gasteiger partial charge in [-0.25, -0.2) is 4.98 Å². The predicted molar refractivity (Wildman–Crippen MR) is 116 cm³/mol. The highest BCUT2D eigenvalue weighted by molar-refractivity contribution is 5.90. The Bertz CT molecular complexity index is 1150. The molecule has 8 heteroatoms. The molecule has 0 unspecified atom stereocenters. The van der Waals surface area contributed by atoms with Crippen molar-refractivity contribution in [3.63, 3.8) is 0 Å². The fourth-order valence-electron chi connectivity index (χ4n) is 3.12. The molecule has 0 aliphatic heterocycles. The second-order valence-electron chi connectivity index (χ2n) is 7.09.